The standard InChI is InChI=1S/C15H15F2N/c1-8-4-9(2)15(10(3)5-8)11-6-13(17)14(18)7-12(11)16/h4-7H,18H2,1-3H3. The fourth-order valence-electron chi connectivity index (χ4n) is 2.36. The van der Waals surface area contributed by atoms with Crippen molar-refractivity contribution in [1.29, 1.82) is 0 Å². The Morgan fingerprint density at radius 1 is 0.833 bits per heavy atom. The smallest absolute Gasteiger partial charge is 0.146 e. The van der Waals surface area contributed by atoms with Crippen LogP contribution in [0.1, 0.15) is 16.7 Å². The fourth-order valence-corrected chi connectivity index (χ4v) is 2.36. The molecule has 18 heavy (non-hydrogen) atoms. The lowest BCUT2D eigenvalue weighted by atomic mass is 9.93. The molecule has 0 fully saturated rings. The van der Waals surface area contributed by atoms with Gasteiger partial charge < -0.3 is 5.73 Å². The Kier molecular flexibility index (Phi) is 3.07. The summed E-state index contributed by atoms with van der Waals surface area (Å²) in [4.78, 5) is 0. The van der Waals surface area contributed by atoms with Crippen molar-refractivity contribution in [1.82, 2.24) is 0 Å². The van der Waals surface area contributed by atoms with Crippen LogP contribution < -0.4 is 5.73 Å². The minimum Gasteiger partial charge on any atom is -0.396 e. The first-order valence-electron chi connectivity index (χ1n) is 5.73. The first-order chi connectivity index (χ1) is 8.40. The molecule has 0 bridgehead atoms. The van der Waals surface area contributed by atoms with Gasteiger partial charge in [0.1, 0.15) is 11.6 Å². The quantitative estimate of drug-likeness (QED) is 0.753. The summed E-state index contributed by atoms with van der Waals surface area (Å²) in [5.74, 6) is -1.09. The number of rotatable bonds is 1. The van der Waals surface area contributed by atoms with Crippen LogP contribution in [0.5, 0.6) is 0 Å². The first kappa shape index (κ1) is 12.6. The van der Waals surface area contributed by atoms with Crippen LogP contribution in [0.3, 0.4) is 0 Å². The van der Waals surface area contributed by atoms with Gasteiger partial charge in [0, 0.05) is 11.6 Å². The van der Waals surface area contributed by atoms with Gasteiger partial charge in [0.25, 0.3) is 0 Å². The molecule has 0 saturated heterocycles. The molecule has 0 aliphatic rings. The Morgan fingerprint density at radius 2 is 1.39 bits per heavy atom. The lowest BCUT2D eigenvalue weighted by Gasteiger charge is -2.13. The summed E-state index contributed by atoms with van der Waals surface area (Å²) in [6.45, 7) is 5.76. The van der Waals surface area contributed by atoms with Crippen LogP contribution in [-0.2, 0) is 0 Å². The molecule has 0 saturated carbocycles. The lowest BCUT2D eigenvalue weighted by molar-refractivity contribution is 0.607. The second-order valence-corrected chi connectivity index (χ2v) is 4.63. The number of hydrogen-bond acceptors (Lipinski definition) is 1. The molecule has 1 nitrogen and oxygen atoms in total. The molecule has 3 heteroatoms. The van der Waals surface area contributed by atoms with E-state index in [4.69, 9.17) is 5.73 Å². The zero-order valence-corrected chi connectivity index (χ0v) is 10.6. The third-order valence-corrected chi connectivity index (χ3v) is 3.03. The molecule has 0 amide bonds. The molecular formula is C15H15F2N. The Hall–Kier alpha value is -1.90. The molecule has 2 aromatic rings. The molecule has 0 aliphatic heterocycles. The number of halogens is 2. The summed E-state index contributed by atoms with van der Waals surface area (Å²) in [5.41, 5.74) is 9.13. The van der Waals surface area contributed by atoms with E-state index in [0.717, 1.165) is 34.4 Å². The Balaban J connectivity index is 2.73. The zero-order chi connectivity index (χ0) is 13.4. The predicted molar refractivity (Wildman–Crippen MR) is 70.4 cm³/mol. The number of nitrogens with two attached hydrogens (primary N) is 1. The van der Waals surface area contributed by atoms with Crippen molar-refractivity contribution in [2.75, 3.05) is 5.73 Å². The molecule has 94 valence electrons. The molecule has 2 rings (SSSR count). The van der Waals surface area contributed by atoms with Gasteiger partial charge in [0.05, 0.1) is 5.69 Å². The SMILES string of the molecule is Cc1cc(C)c(-c2cc(F)c(N)cc2F)c(C)c1. The monoisotopic (exact) mass is 247 g/mol. The third kappa shape index (κ3) is 2.08. The number of benzene rings is 2. The van der Waals surface area contributed by atoms with Gasteiger partial charge in [0.15, 0.2) is 0 Å². The average Bonchev–Trinajstić information content (AvgIpc) is 2.24. The van der Waals surface area contributed by atoms with Gasteiger partial charge in [-0.05, 0) is 43.5 Å². The largest absolute Gasteiger partial charge is 0.396 e. The minimum atomic E-state index is -0.592. The highest BCUT2D eigenvalue weighted by atomic mass is 19.1. The van der Waals surface area contributed by atoms with E-state index >= 15 is 0 Å². The van der Waals surface area contributed by atoms with Gasteiger partial charge in [-0.2, -0.15) is 0 Å². The normalized spacial score (nSPS) is 10.7. The summed E-state index contributed by atoms with van der Waals surface area (Å²) >= 11 is 0. The van der Waals surface area contributed by atoms with Crippen LogP contribution in [-0.4, -0.2) is 0 Å². The van der Waals surface area contributed by atoms with Crippen molar-refractivity contribution < 1.29 is 8.78 Å². The maximum absolute atomic E-state index is 13.9. The van der Waals surface area contributed by atoms with E-state index in [1.807, 2.05) is 32.9 Å². The van der Waals surface area contributed by atoms with Crippen molar-refractivity contribution in [3.63, 3.8) is 0 Å². The first-order valence-corrected chi connectivity index (χ1v) is 5.73. The highest BCUT2D eigenvalue weighted by molar-refractivity contribution is 5.73. The van der Waals surface area contributed by atoms with Crippen LogP contribution in [0, 0.1) is 32.4 Å². The second-order valence-electron chi connectivity index (χ2n) is 4.63. The van der Waals surface area contributed by atoms with Crippen LogP contribution in [0.25, 0.3) is 11.1 Å². The molecule has 0 atom stereocenters. The lowest BCUT2D eigenvalue weighted by Crippen LogP contribution is -1.97. The van der Waals surface area contributed by atoms with Crippen molar-refractivity contribution >= 4 is 5.69 Å². The Labute approximate surface area is 105 Å². The topological polar surface area (TPSA) is 26.0 Å². The van der Waals surface area contributed by atoms with E-state index in [1.165, 1.54) is 0 Å². The van der Waals surface area contributed by atoms with E-state index in [-0.39, 0.29) is 11.3 Å². The summed E-state index contributed by atoms with van der Waals surface area (Å²) < 4.78 is 27.4. The van der Waals surface area contributed by atoms with Crippen LogP contribution in [0.15, 0.2) is 24.3 Å². The minimum absolute atomic E-state index is 0.168. The number of anilines is 1. The summed E-state index contributed by atoms with van der Waals surface area (Å²) in [5, 5.41) is 0. The number of aryl methyl sites for hydroxylation is 3. The molecule has 0 heterocycles. The zero-order valence-electron chi connectivity index (χ0n) is 10.6. The van der Waals surface area contributed by atoms with Crippen molar-refractivity contribution in [2.24, 2.45) is 0 Å². The number of nitrogen functional groups attached to an aromatic ring is 1. The van der Waals surface area contributed by atoms with Crippen molar-refractivity contribution in [3.8, 4) is 11.1 Å². The van der Waals surface area contributed by atoms with E-state index in [2.05, 4.69) is 0 Å². The third-order valence-electron chi connectivity index (χ3n) is 3.03. The Bertz CT molecular complexity index is 595. The predicted octanol–water partition coefficient (Wildman–Crippen LogP) is 4.14. The van der Waals surface area contributed by atoms with Crippen LogP contribution >= 0.6 is 0 Å². The highest BCUT2D eigenvalue weighted by Crippen LogP contribution is 2.32. The van der Waals surface area contributed by atoms with E-state index in [9.17, 15) is 8.78 Å². The molecular weight excluding hydrogens is 232 g/mol. The van der Waals surface area contributed by atoms with Gasteiger partial charge in [-0.25, -0.2) is 8.78 Å². The van der Waals surface area contributed by atoms with E-state index < -0.39 is 11.6 Å². The maximum Gasteiger partial charge on any atom is 0.146 e. The molecule has 0 radical (unpaired) electrons. The number of hydrogen-bond donors (Lipinski definition) is 1. The van der Waals surface area contributed by atoms with Crippen molar-refractivity contribution in [3.05, 3.63) is 52.6 Å². The van der Waals surface area contributed by atoms with E-state index in [1.54, 1.807) is 0 Å². The van der Waals surface area contributed by atoms with Gasteiger partial charge in [-0.3, -0.25) is 0 Å². The fraction of sp³-hybridized carbons (Fsp3) is 0.200. The van der Waals surface area contributed by atoms with Gasteiger partial charge in [-0.15, -0.1) is 0 Å². The van der Waals surface area contributed by atoms with Gasteiger partial charge in [-0.1, -0.05) is 17.7 Å². The van der Waals surface area contributed by atoms with E-state index in [0.29, 0.717) is 0 Å². The summed E-state index contributed by atoms with van der Waals surface area (Å²) in [6, 6.07) is 6.10. The molecule has 0 spiro atoms. The maximum atomic E-state index is 13.9. The van der Waals surface area contributed by atoms with Crippen LogP contribution in [0.4, 0.5) is 14.5 Å². The van der Waals surface area contributed by atoms with Crippen LogP contribution in [0.2, 0.25) is 0 Å². The van der Waals surface area contributed by atoms with Gasteiger partial charge in [0.2, 0.25) is 0 Å². The molecule has 2 aromatic carbocycles. The second kappa shape index (κ2) is 4.41. The molecule has 0 aromatic heterocycles. The summed E-state index contributed by atoms with van der Waals surface area (Å²) in [7, 11) is 0. The highest BCUT2D eigenvalue weighted by Gasteiger charge is 2.14. The molecule has 0 unspecified atom stereocenters. The molecule has 0 aliphatic carbocycles. The molecule has 2 N–H and O–H groups in total. The van der Waals surface area contributed by atoms with Crippen molar-refractivity contribution in [2.45, 2.75) is 20.8 Å². The summed E-state index contributed by atoms with van der Waals surface area (Å²) in [6.07, 6.45) is 0. The Morgan fingerprint density at radius 3 is 1.94 bits per heavy atom. The van der Waals surface area contributed by atoms with Gasteiger partial charge >= 0.3 is 0 Å². The average molecular weight is 247 g/mol.